The number of hydrogen-bond donors (Lipinski definition) is 3. The molecule has 0 spiro atoms. The van der Waals surface area contributed by atoms with Gasteiger partial charge in [-0.2, -0.15) is 0 Å². The van der Waals surface area contributed by atoms with Crippen LogP contribution in [-0.2, 0) is 14.3 Å². The van der Waals surface area contributed by atoms with Gasteiger partial charge in [-0.25, -0.2) is 4.79 Å². The second kappa shape index (κ2) is 6.30. The Morgan fingerprint density at radius 1 is 1.43 bits per heavy atom. The molecule has 0 saturated carbocycles. The topological polar surface area (TPSA) is 108 Å². The molecule has 3 amide bonds. The molecule has 0 aliphatic carbocycles. The molecule has 1 unspecified atom stereocenters. The van der Waals surface area contributed by atoms with E-state index in [1.54, 1.807) is 11.9 Å². The van der Waals surface area contributed by atoms with Crippen LogP contribution >= 0.6 is 0 Å². The maximum atomic E-state index is 11.8. The summed E-state index contributed by atoms with van der Waals surface area (Å²) in [7, 11) is 1.68. The molecule has 21 heavy (non-hydrogen) atoms. The highest BCUT2D eigenvalue weighted by molar-refractivity contribution is 5.88. The van der Waals surface area contributed by atoms with Crippen molar-refractivity contribution in [2.45, 2.75) is 25.3 Å². The van der Waals surface area contributed by atoms with Gasteiger partial charge < -0.3 is 25.4 Å². The number of ether oxygens (including phenoxy) is 1. The summed E-state index contributed by atoms with van der Waals surface area (Å²) in [4.78, 5) is 36.5. The van der Waals surface area contributed by atoms with Crippen molar-refractivity contribution in [2.24, 2.45) is 5.41 Å². The zero-order valence-electron chi connectivity index (χ0n) is 12.1. The average Bonchev–Trinajstić information content (AvgIpc) is 2.78. The van der Waals surface area contributed by atoms with Crippen molar-refractivity contribution in [3.05, 3.63) is 0 Å². The molecular formula is C13H21N3O5. The van der Waals surface area contributed by atoms with Crippen molar-refractivity contribution >= 4 is 17.9 Å². The van der Waals surface area contributed by atoms with Crippen LogP contribution in [0.1, 0.15) is 19.3 Å². The van der Waals surface area contributed by atoms with Crippen molar-refractivity contribution in [3.63, 3.8) is 0 Å². The Morgan fingerprint density at radius 3 is 2.62 bits per heavy atom. The molecule has 0 aromatic rings. The minimum absolute atomic E-state index is 0.0360. The molecule has 0 aromatic carbocycles. The highest BCUT2D eigenvalue weighted by atomic mass is 16.5. The number of nitrogens with one attached hydrogen (secondary N) is 2. The van der Waals surface area contributed by atoms with E-state index in [2.05, 4.69) is 10.6 Å². The van der Waals surface area contributed by atoms with E-state index >= 15 is 0 Å². The fourth-order valence-corrected chi connectivity index (χ4v) is 2.64. The predicted molar refractivity (Wildman–Crippen MR) is 72.7 cm³/mol. The van der Waals surface area contributed by atoms with E-state index in [0.717, 1.165) is 0 Å². The molecule has 2 saturated heterocycles. The van der Waals surface area contributed by atoms with Crippen molar-refractivity contribution in [3.8, 4) is 0 Å². The summed E-state index contributed by atoms with van der Waals surface area (Å²) in [5.74, 6) is -1.05. The Kier molecular flexibility index (Phi) is 4.66. The highest BCUT2D eigenvalue weighted by Gasteiger charge is 2.40. The number of nitrogens with zero attached hydrogens (tertiary/aromatic N) is 1. The number of likely N-dealkylation sites (tertiary alicyclic amines) is 1. The third-order valence-electron chi connectivity index (χ3n) is 4.22. The summed E-state index contributed by atoms with van der Waals surface area (Å²) in [6, 6.07) is -1.03. The number of rotatable bonds is 4. The monoisotopic (exact) mass is 299 g/mol. The summed E-state index contributed by atoms with van der Waals surface area (Å²) >= 11 is 0. The number of carboxylic acids is 1. The molecule has 2 aliphatic rings. The van der Waals surface area contributed by atoms with Gasteiger partial charge in [0.05, 0.1) is 5.41 Å². The molecule has 2 rings (SSSR count). The van der Waals surface area contributed by atoms with Crippen molar-refractivity contribution in [1.29, 1.82) is 0 Å². The van der Waals surface area contributed by atoms with Gasteiger partial charge in [0.25, 0.3) is 0 Å². The van der Waals surface area contributed by atoms with E-state index in [4.69, 9.17) is 4.74 Å². The van der Waals surface area contributed by atoms with Gasteiger partial charge in [0.15, 0.2) is 0 Å². The third-order valence-corrected chi connectivity index (χ3v) is 4.22. The fraction of sp³-hybridized carbons (Fsp3) is 0.769. The Labute approximate surface area is 122 Å². The van der Waals surface area contributed by atoms with Crippen LogP contribution in [0.4, 0.5) is 4.79 Å². The number of carbonyl (C=O) groups is 3. The van der Waals surface area contributed by atoms with Gasteiger partial charge in [0, 0.05) is 33.4 Å². The number of amides is 3. The van der Waals surface area contributed by atoms with E-state index in [1.807, 2.05) is 0 Å². The van der Waals surface area contributed by atoms with E-state index in [-0.39, 0.29) is 12.5 Å². The summed E-state index contributed by atoms with van der Waals surface area (Å²) in [6.45, 7) is 1.40. The van der Waals surface area contributed by atoms with Gasteiger partial charge in [-0.05, 0) is 19.3 Å². The van der Waals surface area contributed by atoms with E-state index in [9.17, 15) is 19.5 Å². The Morgan fingerprint density at radius 2 is 2.10 bits per heavy atom. The lowest BCUT2D eigenvalue weighted by molar-refractivity contribution is -0.154. The van der Waals surface area contributed by atoms with Gasteiger partial charge in [0.1, 0.15) is 6.04 Å². The van der Waals surface area contributed by atoms with Crippen molar-refractivity contribution in [2.75, 3.05) is 33.4 Å². The average molecular weight is 299 g/mol. The maximum Gasteiger partial charge on any atom is 0.315 e. The number of carboxylic acid groups (broad SMARTS) is 1. The zero-order chi connectivity index (χ0) is 15.5. The standard InChI is InChI=1S/C13H21N3O5/c1-16-5-2-9(10(16)17)15-12(20)14-8-13(11(18)19)3-6-21-7-4-13/h9H,2-8H2,1H3,(H,18,19)(H2,14,15,20). The quantitative estimate of drug-likeness (QED) is 0.642. The smallest absolute Gasteiger partial charge is 0.315 e. The maximum absolute atomic E-state index is 11.8. The van der Waals surface area contributed by atoms with Crippen LogP contribution in [0.2, 0.25) is 0 Å². The molecule has 2 fully saturated rings. The molecule has 2 heterocycles. The number of likely N-dealkylation sites (N-methyl/N-ethyl adjacent to an activating group) is 1. The van der Waals surface area contributed by atoms with Crippen LogP contribution in [0, 0.1) is 5.41 Å². The molecule has 0 bridgehead atoms. The molecule has 8 heteroatoms. The molecule has 118 valence electrons. The number of carbonyl (C=O) groups excluding carboxylic acids is 2. The Hall–Kier alpha value is -1.83. The first kappa shape index (κ1) is 15.6. The summed E-state index contributed by atoms with van der Waals surface area (Å²) in [5, 5.41) is 14.5. The molecule has 2 aliphatic heterocycles. The van der Waals surface area contributed by atoms with Crippen molar-refractivity contribution in [1.82, 2.24) is 15.5 Å². The van der Waals surface area contributed by atoms with Crippen LogP contribution < -0.4 is 10.6 Å². The summed E-state index contributed by atoms with van der Waals surface area (Å²) in [6.07, 6.45) is 1.31. The second-order valence-corrected chi connectivity index (χ2v) is 5.63. The predicted octanol–water partition coefficient (Wildman–Crippen LogP) is -0.602. The largest absolute Gasteiger partial charge is 0.481 e. The first-order chi connectivity index (χ1) is 9.94. The second-order valence-electron chi connectivity index (χ2n) is 5.63. The fourth-order valence-electron chi connectivity index (χ4n) is 2.64. The van der Waals surface area contributed by atoms with Crippen molar-refractivity contribution < 1.29 is 24.2 Å². The molecular weight excluding hydrogens is 278 g/mol. The SMILES string of the molecule is CN1CCC(NC(=O)NCC2(C(=O)O)CCOCC2)C1=O. The van der Waals surface area contributed by atoms with E-state index < -0.39 is 23.5 Å². The lowest BCUT2D eigenvalue weighted by Crippen LogP contribution is -2.51. The van der Waals surface area contributed by atoms with Gasteiger partial charge >= 0.3 is 12.0 Å². The molecule has 3 N–H and O–H groups in total. The molecule has 1 atom stereocenters. The minimum atomic E-state index is -0.980. The van der Waals surface area contributed by atoms with Crippen LogP contribution in [0.25, 0.3) is 0 Å². The lowest BCUT2D eigenvalue weighted by Gasteiger charge is -2.33. The van der Waals surface area contributed by atoms with Crippen LogP contribution in [-0.4, -0.2) is 67.3 Å². The van der Waals surface area contributed by atoms with Crippen LogP contribution in [0.3, 0.4) is 0 Å². The number of urea groups is 1. The van der Waals surface area contributed by atoms with Gasteiger partial charge in [-0.15, -0.1) is 0 Å². The van der Waals surface area contributed by atoms with Gasteiger partial charge in [0.2, 0.25) is 5.91 Å². The lowest BCUT2D eigenvalue weighted by atomic mass is 9.80. The number of aliphatic carboxylic acids is 1. The summed E-state index contributed by atoms with van der Waals surface area (Å²) in [5.41, 5.74) is -0.980. The Bertz CT molecular complexity index is 434. The first-order valence-electron chi connectivity index (χ1n) is 7.05. The summed E-state index contributed by atoms with van der Waals surface area (Å²) < 4.78 is 5.17. The molecule has 8 nitrogen and oxygen atoms in total. The molecule has 0 aromatic heterocycles. The number of hydrogen-bond acceptors (Lipinski definition) is 4. The Balaban J connectivity index is 1.85. The van der Waals surface area contributed by atoms with Crippen LogP contribution in [0.15, 0.2) is 0 Å². The van der Waals surface area contributed by atoms with E-state index in [1.165, 1.54) is 0 Å². The highest BCUT2D eigenvalue weighted by Crippen LogP contribution is 2.30. The van der Waals surface area contributed by atoms with Gasteiger partial charge in [-0.1, -0.05) is 0 Å². The van der Waals surface area contributed by atoms with E-state index in [0.29, 0.717) is 39.0 Å². The zero-order valence-corrected chi connectivity index (χ0v) is 12.1. The third kappa shape index (κ3) is 3.44. The first-order valence-corrected chi connectivity index (χ1v) is 7.05. The normalized spacial score (nSPS) is 24.7. The minimum Gasteiger partial charge on any atom is -0.481 e. The molecule has 0 radical (unpaired) electrons. The van der Waals surface area contributed by atoms with Crippen LogP contribution in [0.5, 0.6) is 0 Å². The van der Waals surface area contributed by atoms with Gasteiger partial charge in [-0.3, -0.25) is 9.59 Å².